The number of aliphatic carboxylic acids is 2. The molecule has 28 heavy (non-hydrogen) atoms. The predicted molar refractivity (Wildman–Crippen MR) is 105 cm³/mol. The van der Waals surface area contributed by atoms with Gasteiger partial charge in [0.05, 0.1) is 12.0 Å². The number of hydrogen-bond acceptors (Lipinski definition) is 3. The highest BCUT2D eigenvalue weighted by Gasteiger charge is 2.46. The first-order chi connectivity index (χ1) is 13.5. The van der Waals surface area contributed by atoms with Gasteiger partial charge in [0.2, 0.25) is 0 Å². The summed E-state index contributed by atoms with van der Waals surface area (Å²) in [4.78, 5) is 23.2. The van der Waals surface area contributed by atoms with Crippen LogP contribution in [-0.2, 0) is 15.1 Å². The second-order valence-corrected chi connectivity index (χ2v) is 6.84. The Labute approximate surface area is 162 Å². The molecule has 0 aliphatic heterocycles. The predicted octanol–water partition coefficient (Wildman–Crippen LogP) is 3.48. The molecule has 4 rings (SSSR count). The van der Waals surface area contributed by atoms with Gasteiger partial charge in [-0.25, -0.2) is 0 Å². The Balaban J connectivity index is 2.00. The van der Waals surface area contributed by atoms with Crippen LogP contribution in [0.2, 0.25) is 0 Å². The Hall–Kier alpha value is -3.44. The molecule has 1 aliphatic rings. The van der Waals surface area contributed by atoms with Crippen LogP contribution in [0, 0.1) is 0 Å². The molecule has 0 aromatic heterocycles. The molecule has 0 bridgehead atoms. The number of carboxylic acids is 2. The van der Waals surface area contributed by atoms with E-state index in [2.05, 4.69) is 5.32 Å². The molecule has 0 unspecified atom stereocenters. The first kappa shape index (κ1) is 17.9. The van der Waals surface area contributed by atoms with E-state index in [0.717, 1.165) is 27.8 Å². The van der Waals surface area contributed by atoms with Gasteiger partial charge >= 0.3 is 11.9 Å². The lowest BCUT2D eigenvalue weighted by Gasteiger charge is -2.36. The number of carbonyl (C=O) groups is 2. The van der Waals surface area contributed by atoms with Gasteiger partial charge in [-0.2, -0.15) is 0 Å². The number of benzene rings is 3. The molecule has 0 amide bonds. The molecular formula is C23H19NO4. The maximum atomic E-state index is 11.9. The fourth-order valence-corrected chi connectivity index (χ4v) is 4.11. The molecule has 3 aromatic carbocycles. The Morgan fingerprint density at radius 1 is 0.786 bits per heavy atom. The maximum absolute atomic E-state index is 11.9. The van der Waals surface area contributed by atoms with E-state index in [0.29, 0.717) is 0 Å². The van der Waals surface area contributed by atoms with Crippen LogP contribution in [0.15, 0.2) is 78.9 Å². The van der Waals surface area contributed by atoms with Crippen molar-refractivity contribution in [3.05, 3.63) is 95.6 Å². The molecule has 1 atom stereocenters. The first-order valence-corrected chi connectivity index (χ1v) is 9.01. The van der Waals surface area contributed by atoms with Gasteiger partial charge in [0, 0.05) is 0 Å². The highest BCUT2D eigenvalue weighted by molar-refractivity contribution is 5.85. The summed E-state index contributed by atoms with van der Waals surface area (Å²) in [5, 5.41) is 22.2. The standard InChI is InChI=1S/C23H19NO4/c25-21(26)14-20(22(27)28)24-23(15-8-2-1-3-9-15)18-12-6-4-10-16(18)17-11-5-7-13-19(17)23/h1-13,20,24H,14H2,(H,25,26)(H,27,28)/t20-/m0/s1. The molecule has 0 spiro atoms. The van der Waals surface area contributed by atoms with E-state index in [1.807, 2.05) is 78.9 Å². The Bertz CT molecular complexity index is 1000. The van der Waals surface area contributed by atoms with Crippen molar-refractivity contribution in [2.45, 2.75) is 18.0 Å². The SMILES string of the molecule is O=C(O)C[C@H](NC1(c2ccccc2)c2ccccc2-c2ccccc21)C(=O)O. The van der Waals surface area contributed by atoms with Crippen LogP contribution in [0.3, 0.4) is 0 Å². The summed E-state index contributed by atoms with van der Waals surface area (Å²) in [6.07, 6.45) is -0.520. The molecule has 0 radical (unpaired) electrons. The topological polar surface area (TPSA) is 86.6 Å². The van der Waals surface area contributed by atoms with Crippen LogP contribution in [-0.4, -0.2) is 28.2 Å². The Morgan fingerprint density at radius 2 is 1.29 bits per heavy atom. The number of fused-ring (bicyclic) bond motifs is 3. The molecule has 0 heterocycles. The van der Waals surface area contributed by atoms with Crippen LogP contribution < -0.4 is 5.32 Å². The van der Waals surface area contributed by atoms with Crippen molar-refractivity contribution < 1.29 is 19.8 Å². The van der Waals surface area contributed by atoms with Gasteiger partial charge in [-0.3, -0.25) is 14.9 Å². The van der Waals surface area contributed by atoms with Gasteiger partial charge in [0.1, 0.15) is 6.04 Å². The summed E-state index contributed by atoms with van der Waals surface area (Å²) in [7, 11) is 0. The van der Waals surface area contributed by atoms with E-state index in [4.69, 9.17) is 0 Å². The molecule has 5 heteroatoms. The average Bonchev–Trinajstić information content (AvgIpc) is 2.99. The quantitative estimate of drug-likeness (QED) is 0.616. The van der Waals surface area contributed by atoms with E-state index < -0.39 is 29.9 Å². The maximum Gasteiger partial charge on any atom is 0.321 e. The highest BCUT2D eigenvalue weighted by atomic mass is 16.4. The van der Waals surface area contributed by atoms with Crippen LogP contribution in [0.1, 0.15) is 23.1 Å². The molecule has 1 aliphatic carbocycles. The molecule has 3 aromatic rings. The molecule has 140 valence electrons. The van der Waals surface area contributed by atoms with Gasteiger partial charge in [-0.15, -0.1) is 0 Å². The number of hydrogen-bond donors (Lipinski definition) is 3. The van der Waals surface area contributed by atoms with Gasteiger partial charge < -0.3 is 10.2 Å². The summed E-state index contributed by atoms with van der Waals surface area (Å²) in [6.45, 7) is 0. The van der Waals surface area contributed by atoms with E-state index in [1.54, 1.807) is 0 Å². The number of carboxylic acid groups (broad SMARTS) is 2. The lowest BCUT2D eigenvalue weighted by Crippen LogP contribution is -2.52. The molecule has 0 saturated heterocycles. The van der Waals surface area contributed by atoms with Crippen molar-refractivity contribution >= 4 is 11.9 Å². The third-order valence-corrected chi connectivity index (χ3v) is 5.23. The third-order valence-electron chi connectivity index (χ3n) is 5.23. The van der Waals surface area contributed by atoms with Gasteiger partial charge in [0.25, 0.3) is 0 Å². The monoisotopic (exact) mass is 373 g/mol. The third kappa shape index (κ3) is 2.77. The minimum Gasteiger partial charge on any atom is -0.481 e. The minimum atomic E-state index is -1.25. The summed E-state index contributed by atoms with van der Waals surface area (Å²) in [5.74, 6) is -2.36. The number of nitrogens with one attached hydrogen (secondary N) is 1. The first-order valence-electron chi connectivity index (χ1n) is 9.01. The molecule has 5 nitrogen and oxygen atoms in total. The second-order valence-electron chi connectivity index (χ2n) is 6.84. The summed E-state index contributed by atoms with van der Waals surface area (Å²) < 4.78 is 0. The molecule has 0 saturated carbocycles. The Kier molecular flexibility index (Phi) is 4.45. The van der Waals surface area contributed by atoms with E-state index in [-0.39, 0.29) is 0 Å². The van der Waals surface area contributed by atoms with Crippen molar-refractivity contribution in [2.24, 2.45) is 0 Å². The highest BCUT2D eigenvalue weighted by Crippen LogP contribution is 2.51. The zero-order chi connectivity index (χ0) is 19.7. The van der Waals surface area contributed by atoms with Crippen LogP contribution in [0.4, 0.5) is 0 Å². The number of rotatable bonds is 6. The zero-order valence-electron chi connectivity index (χ0n) is 15.0. The summed E-state index contributed by atoms with van der Waals surface area (Å²) in [6, 6.07) is 24.0. The largest absolute Gasteiger partial charge is 0.481 e. The van der Waals surface area contributed by atoms with Gasteiger partial charge in [-0.1, -0.05) is 78.9 Å². The second kappa shape index (κ2) is 6.94. The van der Waals surface area contributed by atoms with E-state index >= 15 is 0 Å². The average molecular weight is 373 g/mol. The van der Waals surface area contributed by atoms with Crippen molar-refractivity contribution in [2.75, 3.05) is 0 Å². The fourth-order valence-electron chi connectivity index (χ4n) is 4.11. The van der Waals surface area contributed by atoms with E-state index in [1.165, 1.54) is 0 Å². The minimum absolute atomic E-state index is 0.520. The van der Waals surface area contributed by atoms with Crippen LogP contribution in [0.5, 0.6) is 0 Å². The zero-order valence-corrected chi connectivity index (χ0v) is 15.0. The molecule has 0 fully saturated rings. The fraction of sp³-hybridized carbons (Fsp3) is 0.130. The Morgan fingerprint density at radius 3 is 1.79 bits per heavy atom. The smallest absolute Gasteiger partial charge is 0.321 e. The molecule has 3 N–H and O–H groups in total. The van der Waals surface area contributed by atoms with Crippen LogP contribution >= 0.6 is 0 Å². The van der Waals surface area contributed by atoms with Gasteiger partial charge in [-0.05, 0) is 27.8 Å². The van der Waals surface area contributed by atoms with Crippen molar-refractivity contribution in [1.29, 1.82) is 0 Å². The summed E-state index contributed by atoms with van der Waals surface area (Å²) >= 11 is 0. The lowest BCUT2D eigenvalue weighted by atomic mass is 9.79. The van der Waals surface area contributed by atoms with E-state index in [9.17, 15) is 19.8 Å². The van der Waals surface area contributed by atoms with Crippen molar-refractivity contribution in [1.82, 2.24) is 5.32 Å². The summed E-state index contributed by atoms with van der Waals surface area (Å²) in [5.41, 5.74) is 3.76. The normalized spacial score (nSPS) is 14.7. The van der Waals surface area contributed by atoms with Crippen LogP contribution in [0.25, 0.3) is 11.1 Å². The van der Waals surface area contributed by atoms with Crippen molar-refractivity contribution in [3.8, 4) is 11.1 Å². The molecular weight excluding hydrogens is 354 g/mol. The lowest BCUT2D eigenvalue weighted by molar-refractivity contribution is -0.146. The van der Waals surface area contributed by atoms with Gasteiger partial charge in [0.15, 0.2) is 0 Å². The van der Waals surface area contributed by atoms with Crippen molar-refractivity contribution in [3.63, 3.8) is 0 Å².